The molecule has 1 aromatic carbocycles. The van der Waals surface area contributed by atoms with Crippen LogP contribution >= 0.6 is 0 Å². The van der Waals surface area contributed by atoms with Crippen molar-refractivity contribution in [1.82, 2.24) is 4.90 Å². The van der Waals surface area contributed by atoms with Crippen LogP contribution in [0.15, 0.2) is 29.4 Å². The predicted octanol–water partition coefficient (Wildman–Crippen LogP) is 1.52. The van der Waals surface area contributed by atoms with Gasteiger partial charge in [-0.15, -0.1) is 0 Å². The number of amides is 1. The van der Waals surface area contributed by atoms with E-state index >= 15 is 0 Å². The zero-order valence-corrected chi connectivity index (χ0v) is 11.5. The van der Waals surface area contributed by atoms with Crippen LogP contribution in [0.4, 0.5) is 0 Å². The van der Waals surface area contributed by atoms with Crippen LogP contribution in [0.5, 0.6) is 0 Å². The van der Waals surface area contributed by atoms with Crippen LogP contribution in [0.1, 0.15) is 24.5 Å². The van der Waals surface area contributed by atoms with Crippen molar-refractivity contribution in [3.05, 3.63) is 35.4 Å². The van der Waals surface area contributed by atoms with Gasteiger partial charge in [0.15, 0.2) is 5.84 Å². The zero-order valence-electron chi connectivity index (χ0n) is 11.5. The molecule has 0 saturated carbocycles. The van der Waals surface area contributed by atoms with Gasteiger partial charge < -0.3 is 15.8 Å². The SMILES string of the molecule is CCCN(CC(N)=NO)C(=O)Cc1ccc(C)cc1. The maximum absolute atomic E-state index is 12.2. The predicted molar refractivity (Wildman–Crippen MR) is 75.2 cm³/mol. The van der Waals surface area contributed by atoms with Gasteiger partial charge in [0, 0.05) is 6.54 Å². The number of hydrogen-bond donors (Lipinski definition) is 2. The third kappa shape index (κ3) is 4.99. The molecule has 0 atom stereocenters. The quantitative estimate of drug-likeness (QED) is 0.353. The van der Waals surface area contributed by atoms with E-state index in [0.29, 0.717) is 13.0 Å². The van der Waals surface area contributed by atoms with Gasteiger partial charge in [0.1, 0.15) is 0 Å². The molecule has 0 aliphatic heterocycles. The molecule has 0 heterocycles. The highest BCUT2D eigenvalue weighted by Crippen LogP contribution is 2.06. The molecule has 5 heteroatoms. The maximum Gasteiger partial charge on any atom is 0.227 e. The summed E-state index contributed by atoms with van der Waals surface area (Å²) >= 11 is 0. The third-order valence-corrected chi connectivity index (χ3v) is 2.80. The molecule has 104 valence electrons. The number of rotatable bonds is 6. The van der Waals surface area contributed by atoms with Gasteiger partial charge >= 0.3 is 0 Å². The van der Waals surface area contributed by atoms with E-state index in [-0.39, 0.29) is 18.3 Å². The van der Waals surface area contributed by atoms with Crippen LogP contribution in [0, 0.1) is 6.92 Å². The van der Waals surface area contributed by atoms with Crippen molar-refractivity contribution in [2.45, 2.75) is 26.7 Å². The molecule has 1 amide bonds. The summed E-state index contributed by atoms with van der Waals surface area (Å²) in [6.45, 7) is 4.75. The summed E-state index contributed by atoms with van der Waals surface area (Å²) in [5.74, 6) is 0.0306. The number of amidine groups is 1. The van der Waals surface area contributed by atoms with Gasteiger partial charge in [0.05, 0.1) is 13.0 Å². The summed E-state index contributed by atoms with van der Waals surface area (Å²) in [5, 5.41) is 11.5. The minimum atomic E-state index is -0.0164. The Bertz CT molecular complexity index is 441. The summed E-state index contributed by atoms with van der Waals surface area (Å²) in [6.07, 6.45) is 1.16. The monoisotopic (exact) mass is 263 g/mol. The first-order chi connectivity index (χ1) is 9.06. The van der Waals surface area contributed by atoms with Crippen LogP contribution in [0.25, 0.3) is 0 Å². The van der Waals surface area contributed by atoms with E-state index in [0.717, 1.165) is 12.0 Å². The van der Waals surface area contributed by atoms with Gasteiger partial charge in [0.25, 0.3) is 0 Å². The van der Waals surface area contributed by atoms with Crippen molar-refractivity contribution < 1.29 is 10.0 Å². The molecule has 1 aromatic rings. The topological polar surface area (TPSA) is 78.9 Å². The first-order valence-corrected chi connectivity index (χ1v) is 6.36. The molecular formula is C14H21N3O2. The number of carbonyl (C=O) groups is 1. The summed E-state index contributed by atoms with van der Waals surface area (Å²) in [4.78, 5) is 13.8. The molecule has 0 spiro atoms. The highest BCUT2D eigenvalue weighted by molar-refractivity contribution is 5.87. The standard InChI is InChI=1S/C14H21N3O2/c1-3-8-17(10-13(15)16-19)14(18)9-12-6-4-11(2)5-7-12/h4-7,19H,3,8-10H2,1-2H3,(H2,15,16). The van der Waals surface area contributed by atoms with E-state index in [2.05, 4.69) is 5.16 Å². The first kappa shape index (κ1) is 15.0. The molecule has 0 aliphatic rings. The fourth-order valence-corrected chi connectivity index (χ4v) is 1.78. The van der Waals surface area contributed by atoms with E-state index in [9.17, 15) is 4.79 Å². The Hall–Kier alpha value is -2.04. The van der Waals surface area contributed by atoms with Gasteiger partial charge in [0.2, 0.25) is 5.91 Å². The number of benzene rings is 1. The molecule has 0 fully saturated rings. The Kier molecular flexibility index (Phi) is 5.85. The van der Waals surface area contributed by atoms with Crippen molar-refractivity contribution >= 4 is 11.7 Å². The number of hydrogen-bond acceptors (Lipinski definition) is 3. The molecule has 0 aromatic heterocycles. The van der Waals surface area contributed by atoms with Crippen molar-refractivity contribution in [2.75, 3.05) is 13.1 Å². The Morgan fingerprint density at radius 3 is 2.53 bits per heavy atom. The normalized spacial score (nSPS) is 11.4. The molecule has 0 radical (unpaired) electrons. The lowest BCUT2D eigenvalue weighted by Crippen LogP contribution is -2.39. The summed E-state index contributed by atoms with van der Waals surface area (Å²) < 4.78 is 0. The lowest BCUT2D eigenvalue weighted by Gasteiger charge is -2.21. The van der Waals surface area contributed by atoms with Gasteiger partial charge in [-0.25, -0.2) is 0 Å². The minimum absolute atomic E-state index is 0.0164. The van der Waals surface area contributed by atoms with E-state index < -0.39 is 0 Å². The van der Waals surface area contributed by atoms with Crippen molar-refractivity contribution in [3.63, 3.8) is 0 Å². The largest absolute Gasteiger partial charge is 0.409 e. The van der Waals surface area contributed by atoms with E-state index in [1.54, 1.807) is 4.90 Å². The summed E-state index contributed by atoms with van der Waals surface area (Å²) in [7, 11) is 0. The van der Waals surface area contributed by atoms with E-state index in [4.69, 9.17) is 10.9 Å². The molecule has 19 heavy (non-hydrogen) atoms. The van der Waals surface area contributed by atoms with Gasteiger partial charge in [-0.1, -0.05) is 41.9 Å². The fraction of sp³-hybridized carbons (Fsp3) is 0.429. The van der Waals surface area contributed by atoms with Gasteiger partial charge in [-0.05, 0) is 18.9 Å². The number of aryl methyl sites for hydroxylation is 1. The van der Waals surface area contributed by atoms with Crippen molar-refractivity contribution in [3.8, 4) is 0 Å². The second-order valence-corrected chi connectivity index (χ2v) is 4.57. The highest BCUT2D eigenvalue weighted by Gasteiger charge is 2.14. The Labute approximate surface area is 113 Å². The van der Waals surface area contributed by atoms with E-state index in [1.165, 1.54) is 5.56 Å². The molecule has 1 rings (SSSR count). The molecule has 5 nitrogen and oxygen atoms in total. The van der Waals surface area contributed by atoms with Crippen LogP contribution in [-0.2, 0) is 11.2 Å². The van der Waals surface area contributed by atoms with E-state index in [1.807, 2.05) is 38.1 Å². The number of nitrogens with zero attached hydrogens (tertiary/aromatic N) is 2. The van der Waals surface area contributed by atoms with Gasteiger partial charge in [-0.2, -0.15) is 0 Å². The number of nitrogens with two attached hydrogens (primary N) is 1. The smallest absolute Gasteiger partial charge is 0.227 e. The van der Waals surface area contributed by atoms with Crippen molar-refractivity contribution in [2.24, 2.45) is 10.9 Å². The summed E-state index contributed by atoms with van der Waals surface area (Å²) in [5.41, 5.74) is 7.60. The average molecular weight is 263 g/mol. The maximum atomic E-state index is 12.2. The lowest BCUT2D eigenvalue weighted by molar-refractivity contribution is -0.129. The van der Waals surface area contributed by atoms with Crippen molar-refractivity contribution in [1.29, 1.82) is 0 Å². The third-order valence-electron chi connectivity index (χ3n) is 2.80. The second kappa shape index (κ2) is 7.41. The Balaban J connectivity index is 2.68. The fourth-order valence-electron chi connectivity index (χ4n) is 1.78. The van der Waals surface area contributed by atoms with Crippen LogP contribution in [0.2, 0.25) is 0 Å². The zero-order chi connectivity index (χ0) is 14.3. The lowest BCUT2D eigenvalue weighted by atomic mass is 10.1. The van der Waals surface area contributed by atoms with Crippen LogP contribution < -0.4 is 5.73 Å². The molecule has 0 unspecified atom stereocenters. The Morgan fingerprint density at radius 2 is 2.00 bits per heavy atom. The number of carbonyl (C=O) groups excluding carboxylic acids is 1. The highest BCUT2D eigenvalue weighted by atomic mass is 16.4. The Morgan fingerprint density at radius 1 is 1.37 bits per heavy atom. The first-order valence-electron chi connectivity index (χ1n) is 6.36. The molecule has 0 bridgehead atoms. The van der Waals surface area contributed by atoms with Gasteiger partial charge in [-0.3, -0.25) is 4.79 Å². The van der Waals surface area contributed by atoms with Crippen LogP contribution in [-0.4, -0.2) is 34.9 Å². The average Bonchev–Trinajstić information content (AvgIpc) is 2.40. The molecule has 0 aliphatic carbocycles. The molecule has 3 N–H and O–H groups in total. The van der Waals surface area contributed by atoms with Crippen LogP contribution in [0.3, 0.4) is 0 Å². The molecule has 0 saturated heterocycles. The minimum Gasteiger partial charge on any atom is -0.409 e. The summed E-state index contributed by atoms with van der Waals surface area (Å²) in [6, 6.07) is 7.86. The second-order valence-electron chi connectivity index (χ2n) is 4.57. The molecular weight excluding hydrogens is 242 g/mol. The number of oxime groups is 1.